The Kier molecular flexibility index (Phi) is 3.66. The second-order valence-corrected chi connectivity index (χ2v) is 4.56. The number of carbonyl (C=O) groups excluding carboxylic acids is 1. The van der Waals surface area contributed by atoms with Gasteiger partial charge in [-0.25, -0.2) is 4.79 Å². The van der Waals surface area contributed by atoms with Crippen molar-refractivity contribution >= 4 is 6.03 Å². The molecule has 16 heavy (non-hydrogen) atoms. The lowest BCUT2D eigenvalue weighted by atomic mass is 10.2. The van der Waals surface area contributed by atoms with E-state index in [9.17, 15) is 4.79 Å². The molecule has 2 rings (SSSR count). The summed E-state index contributed by atoms with van der Waals surface area (Å²) in [5, 5.41) is 3.28. The number of urea groups is 1. The zero-order chi connectivity index (χ0) is 11.5. The predicted octanol–water partition coefficient (Wildman–Crippen LogP) is 0.121. The molecule has 0 aromatic heterocycles. The van der Waals surface area contributed by atoms with Gasteiger partial charge in [-0.3, -0.25) is 0 Å². The van der Waals surface area contributed by atoms with Crippen LogP contribution in [-0.4, -0.2) is 67.8 Å². The van der Waals surface area contributed by atoms with Gasteiger partial charge in [-0.15, -0.1) is 0 Å². The summed E-state index contributed by atoms with van der Waals surface area (Å²) in [6.07, 6.45) is 1.17. The van der Waals surface area contributed by atoms with E-state index in [0.29, 0.717) is 12.6 Å². The van der Waals surface area contributed by atoms with Crippen LogP contribution in [0.2, 0.25) is 0 Å². The number of hydrogen-bond donors (Lipinski definition) is 1. The number of rotatable bonds is 3. The standard InChI is InChI=1S/C11H21N3O2/c1-3-9-7-14(11(15)13(9)2)8-10-6-12-4-5-16-10/h9-10,12H,3-8H2,1-2H3. The number of nitrogens with zero attached hydrogens (tertiary/aromatic N) is 2. The van der Waals surface area contributed by atoms with Crippen molar-refractivity contribution in [3.05, 3.63) is 0 Å². The zero-order valence-electron chi connectivity index (χ0n) is 10.1. The molecular weight excluding hydrogens is 206 g/mol. The van der Waals surface area contributed by atoms with Crippen molar-refractivity contribution in [2.45, 2.75) is 25.5 Å². The van der Waals surface area contributed by atoms with Gasteiger partial charge in [-0.1, -0.05) is 6.92 Å². The molecule has 2 aliphatic heterocycles. The summed E-state index contributed by atoms with van der Waals surface area (Å²) >= 11 is 0. The molecule has 1 N–H and O–H groups in total. The highest BCUT2D eigenvalue weighted by Gasteiger charge is 2.34. The van der Waals surface area contributed by atoms with Gasteiger partial charge in [0.2, 0.25) is 0 Å². The van der Waals surface area contributed by atoms with Gasteiger partial charge in [0.1, 0.15) is 0 Å². The first kappa shape index (κ1) is 11.7. The van der Waals surface area contributed by atoms with Crippen molar-refractivity contribution in [2.24, 2.45) is 0 Å². The van der Waals surface area contributed by atoms with E-state index >= 15 is 0 Å². The molecule has 0 spiro atoms. The van der Waals surface area contributed by atoms with E-state index < -0.39 is 0 Å². The lowest BCUT2D eigenvalue weighted by Crippen LogP contribution is -2.46. The molecule has 0 radical (unpaired) electrons. The van der Waals surface area contributed by atoms with Gasteiger partial charge < -0.3 is 19.9 Å². The first-order chi connectivity index (χ1) is 7.72. The van der Waals surface area contributed by atoms with Crippen LogP contribution in [0.15, 0.2) is 0 Å². The Morgan fingerprint density at radius 2 is 2.38 bits per heavy atom. The Hall–Kier alpha value is -0.810. The molecule has 2 saturated heterocycles. The first-order valence-corrected chi connectivity index (χ1v) is 6.06. The Morgan fingerprint density at radius 3 is 2.94 bits per heavy atom. The second kappa shape index (κ2) is 5.01. The lowest BCUT2D eigenvalue weighted by Gasteiger charge is -2.27. The average molecular weight is 227 g/mol. The fourth-order valence-electron chi connectivity index (χ4n) is 2.37. The number of hydrogen-bond acceptors (Lipinski definition) is 3. The summed E-state index contributed by atoms with van der Waals surface area (Å²) in [6, 6.07) is 0.505. The Labute approximate surface area is 96.7 Å². The van der Waals surface area contributed by atoms with Gasteiger partial charge in [-0.05, 0) is 6.42 Å². The fraction of sp³-hybridized carbons (Fsp3) is 0.909. The minimum atomic E-state index is 0.140. The van der Waals surface area contributed by atoms with E-state index in [2.05, 4.69) is 12.2 Å². The van der Waals surface area contributed by atoms with E-state index in [1.807, 2.05) is 16.8 Å². The monoisotopic (exact) mass is 227 g/mol. The molecule has 0 aromatic carbocycles. The van der Waals surface area contributed by atoms with Gasteiger partial charge in [0.15, 0.2) is 0 Å². The second-order valence-electron chi connectivity index (χ2n) is 4.56. The fourth-order valence-corrected chi connectivity index (χ4v) is 2.37. The molecule has 2 amide bonds. The van der Waals surface area contributed by atoms with Crippen LogP contribution in [0.5, 0.6) is 0 Å². The molecule has 5 nitrogen and oxygen atoms in total. The van der Waals surface area contributed by atoms with Crippen LogP contribution < -0.4 is 5.32 Å². The molecule has 0 saturated carbocycles. The van der Waals surface area contributed by atoms with Crippen molar-refractivity contribution < 1.29 is 9.53 Å². The average Bonchev–Trinajstić information content (AvgIpc) is 2.58. The smallest absolute Gasteiger partial charge is 0.320 e. The van der Waals surface area contributed by atoms with Crippen molar-refractivity contribution in [1.82, 2.24) is 15.1 Å². The highest BCUT2D eigenvalue weighted by Crippen LogP contribution is 2.17. The number of nitrogens with one attached hydrogen (secondary N) is 1. The van der Waals surface area contributed by atoms with E-state index in [1.165, 1.54) is 0 Å². The molecule has 2 atom stereocenters. The Morgan fingerprint density at radius 1 is 1.56 bits per heavy atom. The van der Waals surface area contributed by atoms with Gasteiger partial charge in [-0.2, -0.15) is 0 Å². The SMILES string of the molecule is CCC1CN(CC2CNCCO2)C(=O)N1C. The van der Waals surface area contributed by atoms with Crippen LogP contribution in [0.4, 0.5) is 4.79 Å². The number of amides is 2. The Bertz CT molecular complexity index is 254. The summed E-state index contributed by atoms with van der Waals surface area (Å²) in [6.45, 7) is 6.20. The van der Waals surface area contributed by atoms with Crippen LogP contribution in [0.25, 0.3) is 0 Å². The minimum Gasteiger partial charge on any atom is -0.374 e. The molecule has 2 aliphatic rings. The maximum Gasteiger partial charge on any atom is 0.320 e. The Balaban J connectivity index is 1.87. The van der Waals surface area contributed by atoms with Crippen molar-refractivity contribution in [3.8, 4) is 0 Å². The third-order valence-electron chi connectivity index (χ3n) is 3.45. The summed E-state index contributed by atoms with van der Waals surface area (Å²) in [5.74, 6) is 0. The quantitative estimate of drug-likeness (QED) is 0.745. The van der Waals surface area contributed by atoms with Crippen LogP contribution in [0.3, 0.4) is 0 Å². The van der Waals surface area contributed by atoms with Gasteiger partial charge in [0.25, 0.3) is 0 Å². The molecule has 2 heterocycles. The number of morpholine rings is 1. The summed E-state index contributed by atoms with van der Waals surface area (Å²) < 4.78 is 5.62. The van der Waals surface area contributed by atoms with E-state index in [-0.39, 0.29) is 12.1 Å². The third kappa shape index (κ3) is 2.30. The zero-order valence-corrected chi connectivity index (χ0v) is 10.1. The molecule has 5 heteroatoms. The van der Waals surface area contributed by atoms with E-state index in [1.54, 1.807) is 0 Å². The molecular formula is C11H21N3O2. The molecule has 2 unspecified atom stereocenters. The lowest BCUT2D eigenvalue weighted by molar-refractivity contribution is 0.0143. The number of carbonyl (C=O) groups is 1. The van der Waals surface area contributed by atoms with Crippen LogP contribution >= 0.6 is 0 Å². The van der Waals surface area contributed by atoms with Crippen molar-refractivity contribution in [1.29, 1.82) is 0 Å². The first-order valence-electron chi connectivity index (χ1n) is 6.06. The van der Waals surface area contributed by atoms with Crippen molar-refractivity contribution in [2.75, 3.05) is 39.8 Å². The van der Waals surface area contributed by atoms with Gasteiger partial charge >= 0.3 is 6.03 Å². The molecule has 0 aliphatic carbocycles. The largest absolute Gasteiger partial charge is 0.374 e. The van der Waals surface area contributed by atoms with Gasteiger partial charge in [0, 0.05) is 33.2 Å². The summed E-state index contributed by atoms with van der Waals surface area (Å²) in [7, 11) is 1.89. The minimum absolute atomic E-state index is 0.140. The normalized spacial score (nSPS) is 31.2. The molecule has 92 valence electrons. The summed E-state index contributed by atoms with van der Waals surface area (Å²) in [4.78, 5) is 15.7. The van der Waals surface area contributed by atoms with E-state index in [4.69, 9.17) is 4.74 Å². The maximum absolute atomic E-state index is 11.9. The molecule has 0 bridgehead atoms. The number of ether oxygens (including phenoxy) is 1. The molecule has 0 aromatic rings. The molecule has 2 fully saturated rings. The van der Waals surface area contributed by atoms with Crippen LogP contribution in [0, 0.1) is 0 Å². The highest BCUT2D eigenvalue weighted by atomic mass is 16.5. The van der Waals surface area contributed by atoms with Gasteiger partial charge in [0.05, 0.1) is 18.8 Å². The predicted molar refractivity (Wildman–Crippen MR) is 61.4 cm³/mol. The van der Waals surface area contributed by atoms with Crippen LogP contribution in [-0.2, 0) is 4.74 Å². The maximum atomic E-state index is 11.9. The van der Waals surface area contributed by atoms with E-state index in [0.717, 1.165) is 32.7 Å². The topological polar surface area (TPSA) is 44.8 Å². The van der Waals surface area contributed by atoms with Crippen molar-refractivity contribution in [3.63, 3.8) is 0 Å². The third-order valence-corrected chi connectivity index (χ3v) is 3.45. The van der Waals surface area contributed by atoms with Crippen LogP contribution in [0.1, 0.15) is 13.3 Å². The highest BCUT2D eigenvalue weighted by molar-refractivity contribution is 5.76. The summed E-state index contributed by atoms with van der Waals surface area (Å²) in [5.41, 5.74) is 0. The number of likely N-dealkylation sites (N-methyl/N-ethyl adjacent to an activating group) is 1.